The molecule has 2 amide bonds. The molecule has 0 aromatic heterocycles. The number of aliphatic hydroxyl groups excluding tert-OH is 3. The highest BCUT2D eigenvalue weighted by atomic mass is 35.5. The first-order valence-corrected chi connectivity index (χ1v) is 10.1. The molecule has 2 aliphatic rings. The van der Waals surface area contributed by atoms with E-state index in [1.54, 1.807) is 24.3 Å². The van der Waals surface area contributed by atoms with Crippen LogP contribution in [0.3, 0.4) is 0 Å². The van der Waals surface area contributed by atoms with Gasteiger partial charge in [-0.2, -0.15) is 0 Å². The van der Waals surface area contributed by atoms with Crippen LogP contribution in [0.15, 0.2) is 54.6 Å². The molecule has 9 heteroatoms. The molecule has 2 heterocycles. The number of aliphatic hydroxyl groups is 3. The number of carbonyl (C=O) groups excluding carboxylic acids is 1. The Hall–Kier alpha value is -2.13. The second-order valence-corrected chi connectivity index (χ2v) is 7.90. The second kappa shape index (κ2) is 8.55. The van der Waals surface area contributed by atoms with Crippen molar-refractivity contribution in [2.75, 3.05) is 6.61 Å². The number of amides is 2. The van der Waals surface area contributed by atoms with Gasteiger partial charge in [0.05, 0.1) is 28.4 Å². The minimum absolute atomic E-state index is 0.312. The predicted molar refractivity (Wildman–Crippen MR) is 112 cm³/mol. The minimum Gasteiger partial charge on any atom is -0.394 e. The fourth-order valence-corrected chi connectivity index (χ4v) is 4.32. The highest BCUT2D eigenvalue weighted by Gasteiger charge is 2.49. The molecule has 4 N–H and O–H groups in total. The lowest BCUT2D eigenvalue weighted by Gasteiger charge is -2.38. The van der Waals surface area contributed by atoms with Crippen LogP contribution in [-0.2, 0) is 4.74 Å². The molecule has 0 aliphatic carbocycles. The molecule has 5 unspecified atom stereocenters. The topological polar surface area (TPSA) is 102 Å². The van der Waals surface area contributed by atoms with Gasteiger partial charge in [-0.25, -0.2) is 4.79 Å². The Morgan fingerprint density at radius 3 is 2.27 bits per heavy atom. The molecule has 0 spiro atoms. The Bertz CT molecular complexity index is 951. The van der Waals surface area contributed by atoms with Crippen molar-refractivity contribution in [2.45, 2.75) is 30.6 Å². The number of rotatable bonds is 4. The van der Waals surface area contributed by atoms with Gasteiger partial charge in [-0.05, 0) is 23.8 Å². The van der Waals surface area contributed by atoms with E-state index in [1.165, 1.54) is 4.90 Å². The van der Waals surface area contributed by atoms with Crippen LogP contribution < -0.4 is 5.32 Å². The van der Waals surface area contributed by atoms with Gasteiger partial charge < -0.3 is 25.4 Å². The van der Waals surface area contributed by atoms with Gasteiger partial charge in [-0.3, -0.25) is 4.90 Å². The number of hydrogen-bond donors (Lipinski definition) is 4. The van der Waals surface area contributed by atoms with Gasteiger partial charge in [0.15, 0.2) is 6.23 Å². The number of ether oxygens (including phenoxy) is 1. The van der Waals surface area contributed by atoms with Crippen LogP contribution >= 0.6 is 23.2 Å². The second-order valence-electron chi connectivity index (χ2n) is 7.09. The molecule has 1 fully saturated rings. The Morgan fingerprint density at radius 1 is 1.00 bits per heavy atom. The number of carbonyl (C=O) groups is 1. The van der Waals surface area contributed by atoms with Crippen molar-refractivity contribution in [3.63, 3.8) is 0 Å². The van der Waals surface area contributed by atoms with Gasteiger partial charge >= 0.3 is 6.03 Å². The third-order valence-corrected chi connectivity index (χ3v) is 5.86. The maximum atomic E-state index is 13.2. The number of benzene rings is 2. The lowest BCUT2D eigenvalue weighted by molar-refractivity contribution is -0.0625. The molecular weight excluding hydrogens is 431 g/mol. The van der Waals surface area contributed by atoms with Crippen LogP contribution in [0.2, 0.25) is 10.0 Å². The van der Waals surface area contributed by atoms with Crippen molar-refractivity contribution >= 4 is 34.9 Å². The van der Waals surface area contributed by atoms with Gasteiger partial charge in [-0.15, -0.1) is 0 Å². The summed E-state index contributed by atoms with van der Waals surface area (Å²) in [6.07, 6.45) is -3.31. The number of nitrogens with one attached hydrogen (secondary N) is 1. The van der Waals surface area contributed by atoms with Crippen molar-refractivity contribution in [1.29, 1.82) is 0 Å². The van der Waals surface area contributed by atoms with Crippen molar-refractivity contribution < 1.29 is 24.9 Å². The van der Waals surface area contributed by atoms with E-state index in [4.69, 9.17) is 27.9 Å². The van der Waals surface area contributed by atoms with E-state index >= 15 is 0 Å². The van der Waals surface area contributed by atoms with Crippen LogP contribution in [-0.4, -0.2) is 57.4 Å². The highest BCUT2D eigenvalue weighted by molar-refractivity contribution is 6.37. The lowest BCUT2D eigenvalue weighted by atomic mass is 9.99. The molecule has 0 radical (unpaired) electrons. The average molecular weight is 451 g/mol. The van der Waals surface area contributed by atoms with E-state index in [2.05, 4.69) is 5.32 Å². The first-order valence-electron chi connectivity index (χ1n) is 9.35. The number of nitrogens with zero attached hydrogens (tertiary/aromatic N) is 1. The Kier molecular flexibility index (Phi) is 6.02. The smallest absolute Gasteiger partial charge is 0.324 e. The van der Waals surface area contributed by atoms with Crippen molar-refractivity contribution in [1.82, 2.24) is 10.2 Å². The third-order valence-electron chi connectivity index (χ3n) is 5.23. The summed E-state index contributed by atoms with van der Waals surface area (Å²) >= 11 is 12.8. The van der Waals surface area contributed by atoms with Crippen LogP contribution in [0.5, 0.6) is 0 Å². The Balaban J connectivity index is 1.84. The zero-order chi connectivity index (χ0) is 21.4. The maximum Gasteiger partial charge on any atom is 0.324 e. The van der Waals surface area contributed by atoms with E-state index < -0.39 is 43.2 Å². The van der Waals surface area contributed by atoms with Gasteiger partial charge in [-0.1, -0.05) is 59.6 Å². The van der Waals surface area contributed by atoms with Crippen molar-refractivity contribution in [3.05, 3.63) is 75.8 Å². The maximum absolute atomic E-state index is 13.2. The summed E-state index contributed by atoms with van der Waals surface area (Å²) in [4.78, 5) is 14.3. The summed E-state index contributed by atoms with van der Waals surface area (Å²) in [5, 5.41) is 33.6. The Morgan fingerprint density at radius 2 is 1.67 bits per heavy atom. The number of halogens is 2. The first kappa shape index (κ1) is 21.1. The molecule has 2 aromatic rings. The van der Waals surface area contributed by atoms with Crippen molar-refractivity contribution in [3.8, 4) is 0 Å². The monoisotopic (exact) mass is 450 g/mol. The minimum atomic E-state index is -1.44. The normalized spacial score (nSPS) is 29.0. The molecule has 0 saturated carbocycles. The molecule has 2 aliphatic heterocycles. The lowest BCUT2D eigenvalue weighted by Crippen LogP contribution is -2.53. The molecule has 1 saturated heterocycles. The molecule has 4 rings (SSSR count). The van der Waals surface area contributed by atoms with Crippen LogP contribution in [0.1, 0.15) is 17.2 Å². The summed E-state index contributed by atoms with van der Waals surface area (Å²) in [7, 11) is 0. The van der Waals surface area contributed by atoms with E-state index in [0.717, 1.165) is 5.56 Å². The number of urea groups is 1. The third kappa shape index (κ3) is 3.69. The summed E-state index contributed by atoms with van der Waals surface area (Å²) in [5.74, 6) is 0. The zero-order valence-electron chi connectivity index (χ0n) is 15.7. The van der Waals surface area contributed by atoms with Gasteiger partial charge in [0.2, 0.25) is 0 Å². The highest BCUT2D eigenvalue weighted by Crippen LogP contribution is 2.40. The number of hydrogen-bond acceptors (Lipinski definition) is 5. The van der Waals surface area contributed by atoms with Gasteiger partial charge in [0.1, 0.15) is 18.3 Å². The molecule has 7 nitrogen and oxygen atoms in total. The van der Waals surface area contributed by atoms with E-state index in [-0.39, 0.29) is 0 Å². The van der Waals surface area contributed by atoms with Gasteiger partial charge in [0, 0.05) is 5.56 Å². The molecular formula is C21H20Cl2N2O5. The van der Waals surface area contributed by atoms with E-state index in [9.17, 15) is 20.1 Å². The molecule has 30 heavy (non-hydrogen) atoms. The first-order chi connectivity index (χ1) is 14.4. The largest absolute Gasteiger partial charge is 0.394 e. The summed E-state index contributed by atoms with van der Waals surface area (Å²) in [5.41, 5.74) is 1.57. The Labute approximate surface area is 183 Å². The quantitative estimate of drug-likeness (QED) is 0.573. The standard InChI is InChI=1S/C21H20Cl2N2O5/c22-12-7-4-8-13(23)17(12)15-9-14(11-5-2-1-3-6-11)24-21(29)25(15)20-19(28)18(27)16(10-26)30-20/h1-9,14,16,18-20,26-28H,10H2,(H,24,29). The molecule has 158 valence electrons. The van der Waals surface area contributed by atoms with E-state index in [1.807, 2.05) is 30.3 Å². The van der Waals surface area contributed by atoms with Crippen LogP contribution in [0.4, 0.5) is 4.79 Å². The molecule has 0 bridgehead atoms. The fourth-order valence-electron chi connectivity index (χ4n) is 3.72. The van der Waals surface area contributed by atoms with Crippen molar-refractivity contribution in [2.24, 2.45) is 0 Å². The summed E-state index contributed by atoms with van der Waals surface area (Å²) in [6, 6.07) is 13.3. The van der Waals surface area contributed by atoms with Crippen LogP contribution in [0.25, 0.3) is 5.70 Å². The molecule has 2 aromatic carbocycles. The zero-order valence-corrected chi connectivity index (χ0v) is 17.2. The summed E-state index contributed by atoms with van der Waals surface area (Å²) in [6.45, 7) is -0.511. The SMILES string of the molecule is O=C1NC(c2ccccc2)C=C(c2c(Cl)cccc2Cl)N1C1OC(CO)C(O)C1O. The fraction of sp³-hybridized carbons (Fsp3) is 0.286. The van der Waals surface area contributed by atoms with Gasteiger partial charge in [0.25, 0.3) is 0 Å². The van der Waals surface area contributed by atoms with E-state index in [0.29, 0.717) is 21.3 Å². The van der Waals surface area contributed by atoms with Crippen LogP contribution in [0, 0.1) is 0 Å². The average Bonchev–Trinajstić information content (AvgIpc) is 3.02. The summed E-state index contributed by atoms with van der Waals surface area (Å²) < 4.78 is 5.61. The molecule has 5 atom stereocenters. The predicted octanol–water partition coefficient (Wildman–Crippen LogP) is 2.54.